The van der Waals surface area contributed by atoms with E-state index in [0.717, 1.165) is 0 Å². The summed E-state index contributed by atoms with van der Waals surface area (Å²) >= 11 is -0.826. The van der Waals surface area contributed by atoms with E-state index in [-0.39, 0.29) is 11.9 Å². The van der Waals surface area contributed by atoms with E-state index >= 15 is 0 Å². The van der Waals surface area contributed by atoms with Gasteiger partial charge in [-0.3, -0.25) is 9.59 Å². The quantitative estimate of drug-likeness (QED) is 0.335. The number of esters is 2. The summed E-state index contributed by atoms with van der Waals surface area (Å²) in [4.78, 5) is 20.8. The molecule has 21 heavy (non-hydrogen) atoms. The Morgan fingerprint density at radius 3 is 1.90 bits per heavy atom. The number of aliphatic hydroxyl groups excluding tert-OH is 1. The van der Waals surface area contributed by atoms with Crippen LogP contribution in [0.5, 0.6) is 5.75 Å². The van der Waals surface area contributed by atoms with Gasteiger partial charge in [0.05, 0.1) is 0 Å². The van der Waals surface area contributed by atoms with Crippen LogP contribution in [-0.4, -0.2) is 42.7 Å². The first-order valence-electron chi connectivity index (χ1n) is 6.04. The summed E-state index contributed by atoms with van der Waals surface area (Å²) < 4.78 is 9.03. The minimum absolute atomic E-state index is 0.198. The molecule has 5 nitrogen and oxygen atoms in total. The first kappa shape index (κ1) is 22.8. The number of halogens is 2. The van der Waals surface area contributed by atoms with E-state index < -0.39 is 25.7 Å². The average molecular weight is 444 g/mol. The molecule has 0 saturated heterocycles. The molecule has 0 unspecified atom stereocenters. The van der Waals surface area contributed by atoms with E-state index in [1.165, 1.54) is 0 Å². The molecule has 0 amide bonds. The van der Waals surface area contributed by atoms with Crippen molar-refractivity contribution >= 4 is 48.7 Å². The number of hydrogen-bond acceptors (Lipinski definition) is 5. The molecule has 1 aromatic rings. The SMILES string of the molecule is CCC(=O)OCO.CCC(=O)Oc1ccccc1.[Cl][Sn][Cl]. The predicted molar refractivity (Wildman–Crippen MR) is 83.3 cm³/mol. The minimum atomic E-state index is -0.826. The van der Waals surface area contributed by atoms with Gasteiger partial charge >= 0.3 is 48.7 Å². The molecule has 2 radical (unpaired) electrons. The first-order chi connectivity index (χ1) is 10.0. The molecule has 8 heteroatoms. The maximum atomic E-state index is 10.8. The van der Waals surface area contributed by atoms with Crippen molar-refractivity contribution in [1.82, 2.24) is 0 Å². The fourth-order valence-electron chi connectivity index (χ4n) is 0.866. The molecule has 118 valence electrons. The molecule has 1 N–H and O–H groups in total. The topological polar surface area (TPSA) is 72.8 Å². The molecular formula is C13H18Cl2O5Sn. The van der Waals surface area contributed by atoms with Gasteiger partial charge in [-0.2, -0.15) is 0 Å². The molecule has 0 heterocycles. The third-order valence-corrected chi connectivity index (χ3v) is 1.78. The average Bonchev–Trinajstić information content (AvgIpc) is 2.50. The van der Waals surface area contributed by atoms with Gasteiger partial charge in [0.25, 0.3) is 0 Å². The number of rotatable bonds is 4. The molecular weight excluding hydrogens is 426 g/mol. The van der Waals surface area contributed by atoms with Gasteiger partial charge in [0.2, 0.25) is 0 Å². The summed E-state index contributed by atoms with van der Waals surface area (Å²) in [5.74, 6) is 0.0399. The summed E-state index contributed by atoms with van der Waals surface area (Å²) in [5.41, 5.74) is 0. The van der Waals surface area contributed by atoms with Crippen LogP contribution in [0.25, 0.3) is 0 Å². The monoisotopic (exact) mass is 444 g/mol. The third-order valence-electron chi connectivity index (χ3n) is 1.78. The first-order valence-corrected chi connectivity index (χ1v) is 13.3. The summed E-state index contributed by atoms with van der Waals surface area (Å²) in [6, 6.07) is 9.06. The van der Waals surface area contributed by atoms with Crippen molar-refractivity contribution < 1.29 is 24.2 Å². The summed E-state index contributed by atoms with van der Waals surface area (Å²) in [6.07, 6.45) is 0.732. The Hall–Kier alpha value is -0.501. The number of para-hydroxylation sites is 1. The van der Waals surface area contributed by atoms with Crippen molar-refractivity contribution in [2.24, 2.45) is 0 Å². The molecule has 0 aliphatic heterocycles. The van der Waals surface area contributed by atoms with Crippen LogP contribution < -0.4 is 4.74 Å². The summed E-state index contributed by atoms with van der Waals surface area (Å²) in [6.45, 7) is 2.93. The van der Waals surface area contributed by atoms with E-state index in [1.807, 2.05) is 18.2 Å². The van der Waals surface area contributed by atoms with Gasteiger partial charge in [-0.15, -0.1) is 0 Å². The Morgan fingerprint density at radius 1 is 1.10 bits per heavy atom. The maximum absolute atomic E-state index is 10.8. The van der Waals surface area contributed by atoms with E-state index in [4.69, 9.17) is 27.7 Å². The number of carbonyl (C=O) groups is 2. The molecule has 0 fully saturated rings. The zero-order valence-electron chi connectivity index (χ0n) is 11.8. The van der Waals surface area contributed by atoms with Crippen LogP contribution in [0.3, 0.4) is 0 Å². The second-order valence-corrected chi connectivity index (χ2v) is 7.45. The van der Waals surface area contributed by atoms with Gasteiger partial charge in [-0.25, -0.2) is 0 Å². The number of hydrogen-bond donors (Lipinski definition) is 1. The van der Waals surface area contributed by atoms with Gasteiger partial charge in [0.1, 0.15) is 5.75 Å². The van der Waals surface area contributed by atoms with Crippen molar-refractivity contribution in [3.63, 3.8) is 0 Å². The second-order valence-electron chi connectivity index (χ2n) is 3.21. The fraction of sp³-hybridized carbons (Fsp3) is 0.385. The molecule has 1 aromatic carbocycles. The van der Waals surface area contributed by atoms with E-state index in [1.54, 1.807) is 26.0 Å². The number of aliphatic hydroxyl groups is 1. The third kappa shape index (κ3) is 17.4. The Labute approximate surface area is 142 Å². The van der Waals surface area contributed by atoms with Crippen molar-refractivity contribution in [3.05, 3.63) is 30.3 Å². The molecule has 0 saturated carbocycles. The zero-order chi connectivity index (χ0) is 16.5. The molecule has 0 atom stereocenters. The van der Waals surface area contributed by atoms with Crippen LogP contribution in [0.15, 0.2) is 30.3 Å². The zero-order valence-corrected chi connectivity index (χ0v) is 16.2. The second kappa shape index (κ2) is 17.5. The van der Waals surface area contributed by atoms with Gasteiger partial charge in [-0.1, -0.05) is 32.0 Å². The van der Waals surface area contributed by atoms with Gasteiger partial charge in [0.15, 0.2) is 6.79 Å². The van der Waals surface area contributed by atoms with Crippen LogP contribution in [-0.2, 0) is 14.3 Å². The molecule has 0 aromatic heterocycles. The van der Waals surface area contributed by atoms with Crippen molar-refractivity contribution in [2.45, 2.75) is 26.7 Å². The number of carbonyl (C=O) groups excluding carboxylic acids is 2. The molecule has 0 aliphatic rings. The Balaban J connectivity index is 0. The van der Waals surface area contributed by atoms with Gasteiger partial charge in [0, 0.05) is 12.8 Å². The van der Waals surface area contributed by atoms with Gasteiger partial charge in [-0.05, 0) is 12.1 Å². The molecule has 0 aliphatic carbocycles. The van der Waals surface area contributed by atoms with E-state index in [2.05, 4.69) is 4.74 Å². The Kier molecular flexibility index (Phi) is 19.0. The fourth-order valence-corrected chi connectivity index (χ4v) is 0.866. The van der Waals surface area contributed by atoms with Crippen LogP contribution >= 0.6 is 17.8 Å². The van der Waals surface area contributed by atoms with Gasteiger partial charge < -0.3 is 14.6 Å². The standard InChI is InChI=1S/C9H10O2.C4H8O3.2ClH.Sn/c1-2-9(10)11-8-6-4-3-5-7-8;1-2-4(6)7-3-5;;;/h3-7H,2H2,1H3;5H,2-3H2,1H3;2*1H;/q;;;;+2/p-2. The Morgan fingerprint density at radius 2 is 1.57 bits per heavy atom. The Bertz CT molecular complexity index is 376. The van der Waals surface area contributed by atoms with Crippen LogP contribution in [0.1, 0.15) is 26.7 Å². The van der Waals surface area contributed by atoms with E-state index in [0.29, 0.717) is 18.6 Å². The van der Waals surface area contributed by atoms with Crippen molar-refractivity contribution in [1.29, 1.82) is 0 Å². The normalized spacial score (nSPS) is 8.43. The molecule has 0 bridgehead atoms. The molecule has 0 spiro atoms. The number of ether oxygens (including phenoxy) is 2. The predicted octanol–water partition coefficient (Wildman–Crippen LogP) is 2.89. The molecule has 1 rings (SSSR count). The van der Waals surface area contributed by atoms with Crippen molar-refractivity contribution in [2.75, 3.05) is 6.79 Å². The van der Waals surface area contributed by atoms with Crippen molar-refractivity contribution in [3.8, 4) is 5.75 Å². The van der Waals surface area contributed by atoms with E-state index in [9.17, 15) is 9.59 Å². The van der Waals surface area contributed by atoms with Crippen LogP contribution in [0.2, 0.25) is 0 Å². The van der Waals surface area contributed by atoms with Crippen LogP contribution in [0, 0.1) is 0 Å². The number of benzene rings is 1. The summed E-state index contributed by atoms with van der Waals surface area (Å²) in [5, 5.41) is 7.92. The van der Waals surface area contributed by atoms with Crippen LogP contribution in [0.4, 0.5) is 0 Å². The summed E-state index contributed by atoms with van der Waals surface area (Å²) in [7, 11) is 9.87.